The van der Waals surface area contributed by atoms with E-state index in [9.17, 15) is 4.39 Å². The van der Waals surface area contributed by atoms with Gasteiger partial charge in [0.15, 0.2) is 0 Å². The predicted molar refractivity (Wildman–Crippen MR) is 63.4 cm³/mol. The third-order valence-corrected chi connectivity index (χ3v) is 4.27. The Morgan fingerprint density at radius 1 is 1.50 bits per heavy atom. The Morgan fingerprint density at radius 3 is 2.81 bits per heavy atom. The summed E-state index contributed by atoms with van der Waals surface area (Å²) in [6.07, 6.45) is 2.84. The van der Waals surface area contributed by atoms with Crippen molar-refractivity contribution < 1.29 is 4.39 Å². The summed E-state index contributed by atoms with van der Waals surface area (Å²) in [6.45, 7) is 0. The molecule has 1 aromatic carbocycles. The van der Waals surface area contributed by atoms with Crippen molar-refractivity contribution in [3.05, 3.63) is 24.0 Å². The van der Waals surface area contributed by atoms with Gasteiger partial charge in [0.2, 0.25) is 0 Å². The maximum Gasteiger partial charge on any atom is 0.147 e. The first-order chi connectivity index (χ1) is 7.65. The molecule has 2 rings (SSSR count). The lowest BCUT2D eigenvalue weighted by molar-refractivity contribution is 0.603. The van der Waals surface area contributed by atoms with E-state index in [0.29, 0.717) is 6.42 Å². The minimum Gasteiger partial charge on any atom is -0.396 e. The van der Waals surface area contributed by atoms with Gasteiger partial charge in [0.05, 0.1) is 11.8 Å². The minimum absolute atomic E-state index is 0.183. The molecule has 1 aliphatic rings. The van der Waals surface area contributed by atoms with Gasteiger partial charge in [-0.2, -0.15) is 5.26 Å². The first-order valence-electron chi connectivity index (χ1n) is 5.20. The van der Waals surface area contributed by atoms with Crippen LogP contribution in [0.4, 0.5) is 10.1 Å². The lowest BCUT2D eigenvalue weighted by atomic mass is 10.1. The number of nitrogens with zero attached hydrogens (tertiary/aromatic N) is 1. The second-order valence-electron chi connectivity index (χ2n) is 4.31. The van der Waals surface area contributed by atoms with Crippen molar-refractivity contribution in [2.45, 2.75) is 24.2 Å². The maximum absolute atomic E-state index is 13.2. The predicted octanol–water partition coefficient (Wildman–Crippen LogP) is 3.19. The van der Waals surface area contributed by atoms with E-state index in [0.717, 1.165) is 23.5 Å². The van der Waals surface area contributed by atoms with Crippen LogP contribution in [-0.4, -0.2) is 5.75 Å². The van der Waals surface area contributed by atoms with E-state index in [2.05, 4.69) is 6.07 Å². The summed E-state index contributed by atoms with van der Waals surface area (Å²) in [5.74, 6) is 0.527. The second-order valence-corrected chi connectivity index (χ2v) is 5.36. The molecule has 1 fully saturated rings. The summed E-state index contributed by atoms with van der Waals surface area (Å²) < 4.78 is 13.2. The highest BCUT2D eigenvalue weighted by Gasteiger charge is 2.42. The fraction of sp³-hybridized carbons (Fsp3) is 0.417. The van der Waals surface area contributed by atoms with Crippen LogP contribution in [0.5, 0.6) is 0 Å². The fourth-order valence-electron chi connectivity index (χ4n) is 1.55. The van der Waals surface area contributed by atoms with Gasteiger partial charge in [0.25, 0.3) is 0 Å². The Balaban J connectivity index is 1.95. The second kappa shape index (κ2) is 4.34. The van der Waals surface area contributed by atoms with Crippen molar-refractivity contribution in [1.29, 1.82) is 5.26 Å². The summed E-state index contributed by atoms with van der Waals surface area (Å²) >= 11 is 1.61. The molecular weight excluding hydrogens is 223 g/mol. The van der Waals surface area contributed by atoms with Crippen LogP contribution in [0.1, 0.15) is 19.3 Å². The van der Waals surface area contributed by atoms with Gasteiger partial charge in [0.1, 0.15) is 5.82 Å². The van der Waals surface area contributed by atoms with Gasteiger partial charge >= 0.3 is 0 Å². The number of benzene rings is 1. The van der Waals surface area contributed by atoms with E-state index < -0.39 is 0 Å². The van der Waals surface area contributed by atoms with Gasteiger partial charge < -0.3 is 5.73 Å². The van der Waals surface area contributed by atoms with Crippen molar-refractivity contribution in [2.24, 2.45) is 5.41 Å². The molecule has 0 saturated heterocycles. The number of nitrogen functional groups attached to an aromatic ring is 1. The third-order valence-electron chi connectivity index (χ3n) is 2.93. The number of hydrogen-bond acceptors (Lipinski definition) is 3. The molecule has 1 saturated carbocycles. The number of halogens is 1. The number of hydrogen-bond donors (Lipinski definition) is 1. The molecule has 0 heterocycles. The molecule has 0 unspecified atom stereocenters. The molecule has 1 aromatic rings. The van der Waals surface area contributed by atoms with Gasteiger partial charge in [0, 0.05) is 17.1 Å². The number of rotatable bonds is 4. The van der Waals surface area contributed by atoms with Gasteiger partial charge in [-0.25, -0.2) is 4.39 Å². The molecule has 84 valence electrons. The smallest absolute Gasteiger partial charge is 0.147 e. The first kappa shape index (κ1) is 11.3. The fourth-order valence-corrected chi connectivity index (χ4v) is 2.77. The van der Waals surface area contributed by atoms with Crippen LogP contribution in [0.3, 0.4) is 0 Å². The normalized spacial score (nSPS) is 16.8. The van der Waals surface area contributed by atoms with E-state index in [1.165, 1.54) is 6.07 Å². The maximum atomic E-state index is 13.2. The lowest BCUT2D eigenvalue weighted by Gasteiger charge is -2.10. The Bertz CT molecular complexity index is 435. The number of nitrogens with two attached hydrogens (primary N) is 1. The van der Waals surface area contributed by atoms with Crippen LogP contribution in [-0.2, 0) is 0 Å². The van der Waals surface area contributed by atoms with Crippen LogP contribution >= 0.6 is 11.8 Å². The average molecular weight is 236 g/mol. The van der Waals surface area contributed by atoms with E-state index in [4.69, 9.17) is 11.0 Å². The quantitative estimate of drug-likeness (QED) is 0.645. The molecule has 0 atom stereocenters. The van der Waals surface area contributed by atoms with E-state index in [-0.39, 0.29) is 16.9 Å². The molecule has 0 aromatic heterocycles. The largest absolute Gasteiger partial charge is 0.396 e. The van der Waals surface area contributed by atoms with E-state index in [1.807, 2.05) is 6.07 Å². The van der Waals surface area contributed by atoms with Crippen molar-refractivity contribution in [3.63, 3.8) is 0 Å². The zero-order chi connectivity index (χ0) is 11.6. The molecule has 2 nitrogen and oxygen atoms in total. The van der Waals surface area contributed by atoms with Crippen LogP contribution in [0.15, 0.2) is 23.1 Å². The summed E-state index contributed by atoms with van der Waals surface area (Å²) in [4.78, 5) is 0.885. The highest BCUT2D eigenvalue weighted by Crippen LogP contribution is 2.51. The van der Waals surface area contributed by atoms with Crippen LogP contribution in [0.25, 0.3) is 0 Å². The minimum atomic E-state index is -0.366. The Hall–Kier alpha value is -1.21. The zero-order valence-electron chi connectivity index (χ0n) is 8.87. The van der Waals surface area contributed by atoms with Crippen molar-refractivity contribution >= 4 is 17.4 Å². The SMILES string of the molecule is N#CCC1(CSc2ccc(N)c(F)c2)CC1. The first-order valence-corrected chi connectivity index (χ1v) is 6.19. The summed E-state index contributed by atoms with van der Waals surface area (Å²) in [7, 11) is 0. The molecule has 0 radical (unpaired) electrons. The number of nitriles is 1. The standard InChI is InChI=1S/C12H13FN2S/c13-10-7-9(1-2-11(10)15)16-8-12(3-4-12)5-6-14/h1-2,7H,3-5,8,15H2. The third kappa shape index (κ3) is 2.48. The molecule has 0 aliphatic heterocycles. The van der Waals surface area contributed by atoms with Gasteiger partial charge in [-0.3, -0.25) is 0 Å². The molecule has 1 aliphatic carbocycles. The monoisotopic (exact) mass is 236 g/mol. The summed E-state index contributed by atoms with van der Waals surface area (Å²) in [5, 5.41) is 8.68. The van der Waals surface area contributed by atoms with E-state index >= 15 is 0 Å². The molecular formula is C12H13FN2S. The van der Waals surface area contributed by atoms with Crippen molar-refractivity contribution in [2.75, 3.05) is 11.5 Å². The molecule has 4 heteroatoms. The number of anilines is 1. The van der Waals surface area contributed by atoms with Gasteiger partial charge in [-0.15, -0.1) is 11.8 Å². The highest BCUT2D eigenvalue weighted by atomic mass is 32.2. The Kier molecular flexibility index (Phi) is 3.06. The summed E-state index contributed by atoms with van der Waals surface area (Å²) in [5.41, 5.74) is 5.78. The molecule has 0 bridgehead atoms. The van der Waals surface area contributed by atoms with E-state index in [1.54, 1.807) is 17.8 Å². The lowest BCUT2D eigenvalue weighted by Crippen LogP contribution is -2.02. The molecule has 0 spiro atoms. The Morgan fingerprint density at radius 2 is 2.25 bits per heavy atom. The van der Waals surface area contributed by atoms with Crippen LogP contribution < -0.4 is 5.73 Å². The Labute approximate surface area is 98.6 Å². The van der Waals surface area contributed by atoms with Gasteiger partial charge in [-0.05, 0) is 36.5 Å². The summed E-state index contributed by atoms with van der Waals surface area (Å²) in [6, 6.07) is 7.09. The molecule has 2 N–H and O–H groups in total. The number of thioether (sulfide) groups is 1. The van der Waals surface area contributed by atoms with Crippen molar-refractivity contribution in [1.82, 2.24) is 0 Å². The van der Waals surface area contributed by atoms with Crippen LogP contribution in [0, 0.1) is 22.6 Å². The molecule has 16 heavy (non-hydrogen) atoms. The average Bonchev–Trinajstić information content (AvgIpc) is 3.01. The van der Waals surface area contributed by atoms with Crippen molar-refractivity contribution in [3.8, 4) is 6.07 Å². The van der Waals surface area contributed by atoms with Gasteiger partial charge in [-0.1, -0.05) is 0 Å². The van der Waals surface area contributed by atoms with Crippen LogP contribution in [0.2, 0.25) is 0 Å². The molecule has 0 amide bonds. The zero-order valence-corrected chi connectivity index (χ0v) is 9.69. The topological polar surface area (TPSA) is 49.8 Å². The highest BCUT2D eigenvalue weighted by molar-refractivity contribution is 7.99.